The molecular formula is C41H23NO. The Kier molecular flexibility index (Phi) is 3.81. The molecule has 2 aromatic heterocycles. The van der Waals surface area contributed by atoms with Gasteiger partial charge in [-0.05, 0) is 74.5 Å². The third-order valence-electron chi connectivity index (χ3n) is 10.2. The van der Waals surface area contributed by atoms with Crippen molar-refractivity contribution in [2.24, 2.45) is 0 Å². The summed E-state index contributed by atoms with van der Waals surface area (Å²) in [5.41, 5.74) is 13.2. The maximum Gasteiger partial charge on any atom is 0.137 e. The predicted octanol–water partition coefficient (Wildman–Crippen LogP) is 10.5. The summed E-state index contributed by atoms with van der Waals surface area (Å²) in [6.07, 6.45) is 0. The Hall–Kier alpha value is -5.60. The van der Waals surface area contributed by atoms with Gasteiger partial charge in [0.15, 0.2) is 0 Å². The lowest BCUT2D eigenvalue weighted by atomic mass is 9.63. The maximum atomic E-state index is 6.37. The second kappa shape index (κ2) is 7.42. The van der Waals surface area contributed by atoms with Crippen molar-refractivity contribution in [3.63, 3.8) is 0 Å². The molecular weight excluding hydrogens is 522 g/mol. The largest absolute Gasteiger partial charge is 0.456 e. The first-order chi connectivity index (χ1) is 21.3. The average molecular weight is 546 g/mol. The van der Waals surface area contributed by atoms with Crippen molar-refractivity contribution in [2.75, 3.05) is 0 Å². The summed E-state index contributed by atoms with van der Waals surface area (Å²) >= 11 is 0. The van der Waals surface area contributed by atoms with E-state index in [1.807, 2.05) is 6.07 Å². The fourth-order valence-corrected chi connectivity index (χ4v) is 8.63. The molecule has 2 heteroatoms. The number of hydrogen-bond acceptors (Lipinski definition) is 1. The SMILES string of the molecule is c1ccc(C23c4ccccc4-c4ccc5c(c42)c2c4c3cccc4ccc2n5-c2ccc3c(c2)oc2ccccc23)cc1. The summed E-state index contributed by atoms with van der Waals surface area (Å²) in [7, 11) is 0. The zero-order valence-electron chi connectivity index (χ0n) is 23.1. The van der Waals surface area contributed by atoms with Gasteiger partial charge in [-0.25, -0.2) is 0 Å². The minimum Gasteiger partial charge on any atom is -0.456 e. The molecule has 7 aromatic carbocycles. The lowest BCUT2D eigenvalue weighted by molar-refractivity contribution is 0.668. The second-order valence-corrected chi connectivity index (χ2v) is 12.0. The fourth-order valence-electron chi connectivity index (χ4n) is 8.63. The molecule has 2 aliphatic carbocycles. The minimum atomic E-state index is -0.387. The molecule has 11 rings (SSSR count). The van der Waals surface area contributed by atoms with Crippen LogP contribution in [0, 0.1) is 0 Å². The van der Waals surface area contributed by atoms with Crippen molar-refractivity contribution in [1.82, 2.24) is 4.57 Å². The van der Waals surface area contributed by atoms with Gasteiger partial charge in [0.2, 0.25) is 0 Å². The molecule has 2 heterocycles. The number of furan rings is 1. The van der Waals surface area contributed by atoms with Crippen LogP contribution >= 0.6 is 0 Å². The van der Waals surface area contributed by atoms with Crippen molar-refractivity contribution in [3.8, 4) is 16.8 Å². The molecule has 0 saturated carbocycles. The summed E-state index contributed by atoms with van der Waals surface area (Å²) in [5, 5.41) is 7.66. The summed E-state index contributed by atoms with van der Waals surface area (Å²) in [6.45, 7) is 0. The van der Waals surface area contributed by atoms with Gasteiger partial charge in [0.1, 0.15) is 11.2 Å². The van der Waals surface area contributed by atoms with Crippen LogP contribution in [0.4, 0.5) is 0 Å². The molecule has 2 aliphatic rings. The predicted molar refractivity (Wildman–Crippen MR) is 176 cm³/mol. The van der Waals surface area contributed by atoms with E-state index >= 15 is 0 Å². The second-order valence-electron chi connectivity index (χ2n) is 12.0. The van der Waals surface area contributed by atoms with E-state index in [9.17, 15) is 0 Å². The highest BCUT2D eigenvalue weighted by atomic mass is 16.3. The van der Waals surface area contributed by atoms with Gasteiger partial charge in [-0.15, -0.1) is 0 Å². The number of hydrogen-bond donors (Lipinski definition) is 0. The maximum absolute atomic E-state index is 6.37. The molecule has 9 aromatic rings. The quantitative estimate of drug-likeness (QED) is 0.211. The third-order valence-corrected chi connectivity index (χ3v) is 10.2. The van der Waals surface area contributed by atoms with Gasteiger partial charge in [-0.3, -0.25) is 0 Å². The Morgan fingerprint density at radius 3 is 2.21 bits per heavy atom. The van der Waals surface area contributed by atoms with Crippen molar-refractivity contribution in [1.29, 1.82) is 0 Å². The zero-order chi connectivity index (χ0) is 27.9. The van der Waals surface area contributed by atoms with Crippen LogP contribution < -0.4 is 0 Å². The molecule has 198 valence electrons. The Morgan fingerprint density at radius 1 is 0.488 bits per heavy atom. The highest BCUT2D eigenvalue weighted by Crippen LogP contribution is 2.63. The fraction of sp³-hybridized carbons (Fsp3) is 0.0244. The molecule has 43 heavy (non-hydrogen) atoms. The van der Waals surface area contributed by atoms with E-state index in [1.54, 1.807) is 0 Å². The van der Waals surface area contributed by atoms with E-state index in [0.717, 1.165) is 27.6 Å². The van der Waals surface area contributed by atoms with Crippen molar-refractivity contribution >= 4 is 54.5 Å². The van der Waals surface area contributed by atoms with Crippen LogP contribution in [-0.2, 0) is 5.41 Å². The molecule has 0 spiro atoms. The van der Waals surface area contributed by atoms with E-state index in [4.69, 9.17) is 4.42 Å². The molecule has 0 radical (unpaired) electrons. The molecule has 0 amide bonds. The van der Waals surface area contributed by atoms with Crippen molar-refractivity contribution in [3.05, 3.63) is 162 Å². The molecule has 0 N–H and O–H groups in total. The highest BCUT2D eigenvalue weighted by Gasteiger charge is 2.50. The molecule has 1 atom stereocenters. The van der Waals surface area contributed by atoms with Crippen LogP contribution in [0.15, 0.2) is 144 Å². The third kappa shape index (κ3) is 2.42. The van der Waals surface area contributed by atoms with E-state index in [1.165, 1.54) is 66.0 Å². The smallest absolute Gasteiger partial charge is 0.137 e. The van der Waals surface area contributed by atoms with E-state index < -0.39 is 0 Å². The van der Waals surface area contributed by atoms with E-state index in [-0.39, 0.29) is 5.41 Å². The standard InChI is InChI=1S/C41H23NO/c1-2-10-25(11-3-1)41-31-14-6-4-12-27(31)30-20-22-34-39(40(30)41)38-33(21-17-24-9-8-15-32(41)37(24)38)42(34)26-18-19-29-28-13-5-7-16-35(28)43-36(29)23-26/h1-23H. The minimum absolute atomic E-state index is 0.387. The number of benzene rings is 7. The number of aromatic nitrogens is 1. The lowest BCUT2D eigenvalue weighted by Gasteiger charge is -2.37. The van der Waals surface area contributed by atoms with Crippen LogP contribution in [0.3, 0.4) is 0 Å². The Labute approximate surface area is 247 Å². The van der Waals surface area contributed by atoms with Gasteiger partial charge in [0, 0.05) is 33.3 Å². The number of fused-ring (bicyclic) bond motifs is 7. The summed E-state index contributed by atoms with van der Waals surface area (Å²) in [4.78, 5) is 0. The van der Waals surface area contributed by atoms with Crippen LogP contribution in [0.2, 0.25) is 0 Å². The molecule has 2 nitrogen and oxygen atoms in total. The first-order valence-corrected chi connectivity index (χ1v) is 14.9. The van der Waals surface area contributed by atoms with Crippen molar-refractivity contribution < 1.29 is 4.42 Å². The van der Waals surface area contributed by atoms with Crippen LogP contribution in [0.25, 0.3) is 71.3 Å². The normalized spacial score (nSPS) is 16.5. The van der Waals surface area contributed by atoms with E-state index in [0.29, 0.717) is 0 Å². The van der Waals surface area contributed by atoms with Gasteiger partial charge in [-0.1, -0.05) is 103 Å². The van der Waals surface area contributed by atoms with Gasteiger partial charge < -0.3 is 8.98 Å². The van der Waals surface area contributed by atoms with Gasteiger partial charge >= 0.3 is 0 Å². The summed E-state index contributed by atoms with van der Waals surface area (Å²) in [5.74, 6) is 0. The summed E-state index contributed by atoms with van der Waals surface area (Å²) < 4.78 is 8.82. The monoisotopic (exact) mass is 545 g/mol. The number of nitrogens with zero attached hydrogens (tertiary/aromatic N) is 1. The van der Waals surface area contributed by atoms with E-state index in [2.05, 4.69) is 138 Å². The molecule has 0 aliphatic heterocycles. The molecule has 0 fully saturated rings. The first-order valence-electron chi connectivity index (χ1n) is 14.9. The number of rotatable bonds is 2. The van der Waals surface area contributed by atoms with Crippen LogP contribution in [0.1, 0.15) is 22.3 Å². The Balaban J connectivity index is 1.36. The molecule has 0 saturated heterocycles. The average Bonchev–Trinajstić information content (AvgIpc) is 3.71. The van der Waals surface area contributed by atoms with Crippen LogP contribution in [-0.4, -0.2) is 4.57 Å². The van der Waals surface area contributed by atoms with Gasteiger partial charge in [-0.2, -0.15) is 0 Å². The zero-order valence-corrected chi connectivity index (χ0v) is 23.1. The first kappa shape index (κ1) is 22.1. The number of para-hydroxylation sites is 1. The molecule has 0 bridgehead atoms. The topological polar surface area (TPSA) is 18.1 Å². The van der Waals surface area contributed by atoms with Crippen LogP contribution in [0.5, 0.6) is 0 Å². The Morgan fingerprint density at radius 2 is 1.26 bits per heavy atom. The molecule has 1 unspecified atom stereocenters. The van der Waals surface area contributed by atoms with Gasteiger partial charge in [0.05, 0.1) is 16.4 Å². The summed E-state index contributed by atoms with van der Waals surface area (Å²) in [6, 6.07) is 51.4. The lowest BCUT2D eigenvalue weighted by Crippen LogP contribution is -2.30. The van der Waals surface area contributed by atoms with Crippen molar-refractivity contribution in [2.45, 2.75) is 5.41 Å². The highest BCUT2D eigenvalue weighted by molar-refractivity contribution is 6.28. The van der Waals surface area contributed by atoms with Gasteiger partial charge in [0.25, 0.3) is 0 Å². The Bertz CT molecular complexity index is 2670.